The Balaban J connectivity index is 1.86. The Hall–Kier alpha value is -2.93. The number of benzene rings is 2. The molecule has 0 saturated heterocycles. The number of hydrogen-bond donors (Lipinski definition) is 1. The zero-order valence-electron chi connectivity index (χ0n) is 15.3. The van der Waals surface area contributed by atoms with Crippen molar-refractivity contribution in [1.82, 2.24) is 0 Å². The van der Waals surface area contributed by atoms with Crippen LogP contribution in [0.2, 0.25) is 5.02 Å². The highest BCUT2D eigenvalue weighted by Crippen LogP contribution is 2.35. The Morgan fingerprint density at radius 1 is 1.19 bits per heavy atom. The molecule has 144 valence electrons. The minimum Gasteiger partial charge on any atom is -0.494 e. The minimum atomic E-state index is -0.332. The molecule has 2 aromatic carbocycles. The molecule has 0 radical (unpaired) electrons. The minimum absolute atomic E-state index is 0.231. The first kappa shape index (κ1) is 20.4. The summed E-state index contributed by atoms with van der Waals surface area (Å²) < 4.78 is 15.7. The molecular formula is C19H21ClN2O5. The molecule has 0 aliphatic heterocycles. The van der Waals surface area contributed by atoms with Crippen LogP contribution in [0, 0.1) is 0 Å². The number of rotatable bonds is 9. The first-order valence-electron chi connectivity index (χ1n) is 8.17. The fourth-order valence-corrected chi connectivity index (χ4v) is 2.50. The zero-order chi connectivity index (χ0) is 19.6. The van der Waals surface area contributed by atoms with Gasteiger partial charge in [-0.15, -0.1) is 0 Å². The van der Waals surface area contributed by atoms with Gasteiger partial charge in [-0.05, 0) is 43.3 Å². The van der Waals surface area contributed by atoms with E-state index in [1.165, 1.54) is 20.4 Å². The fraction of sp³-hybridized carbons (Fsp3) is 0.263. The number of nitrogens with zero attached hydrogens (tertiary/aromatic N) is 1. The molecule has 0 atom stereocenters. The van der Waals surface area contributed by atoms with E-state index in [0.29, 0.717) is 34.4 Å². The second-order valence-electron chi connectivity index (χ2n) is 5.25. The van der Waals surface area contributed by atoms with Gasteiger partial charge in [0.15, 0.2) is 18.1 Å². The van der Waals surface area contributed by atoms with Crippen LogP contribution in [0.4, 0.5) is 5.69 Å². The third-order valence-corrected chi connectivity index (χ3v) is 3.66. The summed E-state index contributed by atoms with van der Waals surface area (Å²) in [5, 5.41) is 6.86. The SMILES string of the molecule is CCOc1ccc(NC(=O)CO/N=C\c2cc(Cl)c(OC)c(OC)c2)cc1. The van der Waals surface area contributed by atoms with Crippen LogP contribution in [0.15, 0.2) is 41.6 Å². The van der Waals surface area contributed by atoms with Gasteiger partial charge in [-0.25, -0.2) is 0 Å². The number of halogens is 1. The van der Waals surface area contributed by atoms with Crippen molar-refractivity contribution in [3.05, 3.63) is 47.0 Å². The summed E-state index contributed by atoms with van der Waals surface area (Å²) in [6.45, 7) is 2.26. The van der Waals surface area contributed by atoms with Crippen molar-refractivity contribution in [3.8, 4) is 17.2 Å². The molecule has 2 rings (SSSR count). The summed E-state index contributed by atoms with van der Waals surface area (Å²) in [6, 6.07) is 10.4. The first-order valence-corrected chi connectivity index (χ1v) is 8.54. The zero-order valence-corrected chi connectivity index (χ0v) is 16.1. The van der Waals surface area contributed by atoms with Gasteiger partial charge in [0.05, 0.1) is 32.1 Å². The highest BCUT2D eigenvalue weighted by Gasteiger charge is 2.10. The smallest absolute Gasteiger partial charge is 0.265 e. The second kappa shape index (κ2) is 10.3. The fourth-order valence-electron chi connectivity index (χ4n) is 2.20. The Bertz CT molecular complexity index is 793. The summed E-state index contributed by atoms with van der Waals surface area (Å²) in [7, 11) is 3.01. The average Bonchev–Trinajstić information content (AvgIpc) is 2.66. The average molecular weight is 393 g/mol. The van der Waals surface area contributed by atoms with Gasteiger partial charge in [-0.1, -0.05) is 16.8 Å². The topological polar surface area (TPSA) is 78.4 Å². The van der Waals surface area contributed by atoms with E-state index in [4.69, 9.17) is 30.6 Å². The number of nitrogens with one attached hydrogen (secondary N) is 1. The van der Waals surface area contributed by atoms with Crippen LogP contribution >= 0.6 is 11.6 Å². The van der Waals surface area contributed by atoms with E-state index in [2.05, 4.69) is 10.5 Å². The highest BCUT2D eigenvalue weighted by molar-refractivity contribution is 6.32. The summed E-state index contributed by atoms with van der Waals surface area (Å²) in [4.78, 5) is 16.9. The lowest BCUT2D eigenvalue weighted by molar-refractivity contribution is -0.120. The van der Waals surface area contributed by atoms with Crippen molar-refractivity contribution in [1.29, 1.82) is 0 Å². The number of anilines is 1. The Morgan fingerprint density at radius 2 is 1.93 bits per heavy atom. The lowest BCUT2D eigenvalue weighted by atomic mass is 10.2. The summed E-state index contributed by atoms with van der Waals surface area (Å²) in [6.07, 6.45) is 1.43. The molecule has 7 nitrogen and oxygen atoms in total. The van der Waals surface area contributed by atoms with Crippen molar-refractivity contribution in [2.75, 3.05) is 32.8 Å². The molecule has 0 aromatic heterocycles. The summed E-state index contributed by atoms with van der Waals surface area (Å²) in [5.41, 5.74) is 1.28. The number of carbonyl (C=O) groups is 1. The molecule has 1 N–H and O–H groups in total. The van der Waals surface area contributed by atoms with Crippen LogP contribution in [-0.2, 0) is 9.63 Å². The van der Waals surface area contributed by atoms with E-state index in [1.54, 1.807) is 36.4 Å². The van der Waals surface area contributed by atoms with E-state index in [0.717, 1.165) is 5.75 Å². The molecule has 0 spiro atoms. The molecule has 0 aliphatic rings. The molecule has 2 aromatic rings. The van der Waals surface area contributed by atoms with Gasteiger partial charge >= 0.3 is 0 Å². The quantitative estimate of drug-likeness (QED) is 0.519. The molecule has 0 saturated carbocycles. The maximum absolute atomic E-state index is 11.9. The van der Waals surface area contributed by atoms with Crippen LogP contribution in [-0.4, -0.2) is 39.6 Å². The summed E-state index contributed by atoms with van der Waals surface area (Å²) in [5.74, 6) is 1.32. The van der Waals surface area contributed by atoms with Gasteiger partial charge in [0.25, 0.3) is 5.91 Å². The normalized spacial score (nSPS) is 10.5. The lowest BCUT2D eigenvalue weighted by Gasteiger charge is -2.09. The third-order valence-electron chi connectivity index (χ3n) is 3.38. The molecular weight excluding hydrogens is 372 g/mol. The van der Waals surface area contributed by atoms with Gasteiger partial charge in [-0.3, -0.25) is 4.79 Å². The van der Waals surface area contributed by atoms with E-state index in [1.807, 2.05) is 6.92 Å². The third kappa shape index (κ3) is 6.07. The summed E-state index contributed by atoms with van der Waals surface area (Å²) >= 11 is 6.12. The highest BCUT2D eigenvalue weighted by atomic mass is 35.5. The molecule has 0 unspecified atom stereocenters. The molecule has 0 aliphatic carbocycles. The van der Waals surface area contributed by atoms with Crippen molar-refractivity contribution < 1.29 is 23.8 Å². The predicted molar refractivity (Wildman–Crippen MR) is 104 cm³/mol. The number of ether oxygens (including phenoxy) is 3. The Labute approximate surface area is 162 Å². The van der Waals surface area contributed by atoms with Crippen LogP contribution < -0.4 is 19.5 Å². The van der Waals surface area contributed by atoms with Gasteiger partial charge in [0.1, 0.15) is 5.75 Å². The molecule has 0 heterocycles. The van der Waals surface area contributed by atoms with E-state index >= 15 is 0 Å². The first-order chi connectivity index (χ1) is 13.1. The monoisotopic (exact) mass is 392 g/mol. The second-order valence-corrected chi connectivity index (χ2v) is 5.66. The lowest BCUT2D eigenvalue weighted by Crippen LogP contribution is -2.16. The molecule has 27 heavy (non-hydrogen) atoms. The number of amides is 1. The van der Waals surface area contributed by atoms with Gasteiger partial charge in [0.2, 0.25) is 0 Å². The van der Waals surface area contributed by atoms with E-state index < -0.39 is 0 Å². The van der Waals surface area contributed by atoms with Crippen LogP contribution in [0.5, 0.6) is 17.2 Å². The largest absolute Gasteiger partial charge is 0.494 e. The van der Waals surface area contributed by atoms with Crippen LogP contribution in [0.1, 0.15) is 12.5 Å². The van der Waals surface area contributed by atoms with Gasteiger partial charge in [0, 0.05) is 11.3 Å². The molecule has 0 bridgehead atoms. The van der Waals surface area contributed by atoms with Crippen molar-refractivity contribution >= 4 is 29.4 Å². The Morgan fingerprint density at radius 3 is 2.56 bits per heavy atom. The number of carbonyl (C=O) groups excluding carboxylic acids is 1. The number of methoxy groups -OCH3 is 2. The molecule has 1 amide bonds. The van der Waals surface area contributed by atoms with Gasteiger partial charge < -0.3 is 24.4 Å². The van der Waals surface area contributed by atoms with Crippen molar-refractivity contribution in [2.45, 2.75) is 6.92 Å². The molecule has 0 fully saturated rings. The van der Waals surface area contributed by atoms with Crippen LogP contribution in [0.25, 0.3) is 0 Å². The van der Waals surface area contributed by atoms with E-state index in [9.17, 15) is 4.79 Å². The maximum Gasteiger partial charge on any atom is 0.265 e. The maximum atomic E-state index is 11.9. The van der Waals surface area contributed by atoms with E-state index in [-0.39, 0.29) is 12.5 Å². The Kier molecular flexibility index (Phi) is 7.76. The standard InChI is InChI=1S/C19H21ClN2O5/c1-4-26-15-7-5-14(6-8-15)22-18(23)12-27-21-11-13-9-16(20)19(25-3)17(10-13)24-2/h5-11H,4,12H2,1-3H3,(H,22,23)/b21-11-. The predicted octanol–water partition coefficient (Wildman–Crippen LogP) is 3.75. The van der Waals surface area contributed by atoms with Crippen LogP contribution in [0.3, 0.4) is 0 Å². The molecule has 8 heteroatoms. The van der Waals surface area contributed by atoms with Crippen molar-refractivity contribution in [2.24, 2.45) is 5.16 Å². The number of hydrogen-bond acceptors (Lipinski definition) is 6. The van der Waals surface area contributed by atoms with Gasteiger partial charge in [-0.2, -0.15) is 0 Å². The number of oxime groups is 1. The van der Waals surface area contributed by atoms with Crippen molar-refractivity contribution in [3.63, 3.8) is 0 Å².